The van der Waals surface area contributed by atoms with E-state index in [-0.39, 0.29) is 17.5 Å². The lowest BCUT2D eigenvalue weighted by atomic mass is 10.1. The van der Waals surface area contributed by atoms with Crippen LogP contribution in [-0.2, 0) is 0 Å². The zero-order chi connectivity index (χ0) is 14.9. The van der Waals surface area contributed by atoms with Crippen LogP contribution >= 0.6 is 0 Å². The summed E-state index contributed by atoms with van der Waals surface area (Å²) in [5.41, 5.74) is -0.520. The lowest BCUT2D eigenvalue weighted by molar-refractivity contribution is -0.387. The molecule has 0 radical (unpaired) electrons. The van der Waals surface area contributed by atoms with Crippen molar-refractivity contribution in [2.24, 2.45) is 0 Å². The molecule has 0 aliphatic carbocycles. The number of nitrogens with zero attached hydrogens (tertiary/aromatic N) is 3. The van der Waals surface area contributed by atoms with Crippen LogP contribution in [0.4, 0.5) is 10.1 Å². The number of halogens is 1. The van der Waals surface area contributed by atoms with Crippen LogP contribution < -0.4 is 0 Å². The predicted molar refractivity (Wildman–Crippen MR) is 71.0 cm³/mol. The third-order valence-electron chi connectivity index (χ3n) is 3.64. The molecule has 1 aromatic rings. The molecule has 0 aromatic heterocycles. The number of carbonyl (C=O) groups excluding carboxylic acids is 1. The Morgan fingerprint density at radius 1 is 1.45 bits per heavy atom. The van der Waals surface area contributed by atoms with Crippen LogP contribution in [0.25, 0.3) is 0 Å². The van der Waals surface area contributed by atoms with E-state index < -0.39 is 16.4 Å². The molecular weight excluding hydrogens is 265 g/mol. The molecule has 1 aliphatic heterocycles. The number of nitro benzene ring substituents is 1. The molecular formula is C13H16FN3O3. The summed E-state index contributed by atoms with van der Waals surface area (Å²) in [6.45, 7) is 3.87. The lowest BCUT2D eigenvalue weighted by Crippen LogP contribution is -2.52. The summed E-state index contributed by atoms with van der Waals surface area (Å²) >= 11 is 0. The number of piperazine rings is 1. The van der Waals surface area contributed by atoms with Gasteiger partial charge in [0.05, 0.1) is 4.92 Å². The maximum atomic E-state index is 13.3. The van der Waals surface area contributed by atoms with Crippen molar-refractivity contribution < 1.29 is 14.1 Å². The standard InChI is InChI=1S/C13H16FN3O3/c1-9-8-16(6-5-15(9)2)13(18)10-3-4-11(14)12(7-10)17(19)20/h3-4,7,9H,5-6,8H2,1-2H3. The van der Waals surface area contributed by atoms with E-state index in [0.717, 1.165) is 18.7 Å². The van der Waals surface area contributed by atoms with E-state index in [4.69, 9.17) is 0 Å². The molecule has 1 aliphatic rings. The van der Waals surface area contributed by atoms with Gasteiger partial charge in [0.2, 0.25) is 5.82 Å². The molecule has 0 N–H and O–H groups in total. The Kier molecular flexibility index (Phi) is 3.99. The molecule has 2 rings (SSSR count). The fraction of sp³-hybridized carbons (Fsp3) is 0.462. The van der Waals surface area contributed by atoms with Gasteiger partial charge in [-0.1, -0.05) is 0 Å². The second kappa shape index (κ2) is 5.54. The molecule has 1 amide bonds. The number of rotatable bonds is 2. The summed E-state index contributed by atoms with van der Waals surface area (Å²) in [6, 6.07) is 3.47. The molecule has 1 atom stereocenters. The van der Waals surface area contributed by atoms with Gasteiger partial charge in [-0.15, -0.1) is 0 Å². The normalized spacial score (nSPS) is 19.9. The molecule has 7 heteroatoms. The Bertz CT molecular complexity index is 550. The first-order valence-electron chi connectivity index (χ1n) is 6.33. The average molecular weight is 281 g/mol. The van der Waals surface area contributed by atoms with Crippen molar-refractivity contribution >= 4 is 11.6 Å². The number of hydrogen-bond acceptors (Lipinski definition) is 4. The van der Waals surface area contributed by atoms with Gasteiger partial charge in [0.25, 0.3) is 5.91 Å². The molecule has 0 bridgehead atoms. The molecule has 0 saturated carbocycles. The Morgan fingerprint density at radius 2 is 2.15 bits per heavy atom. The van der Waals surface area contributed by atoms with Crippen LogP contribution in [0.15, 0.2) is 18.2 Å². The number of benzene rings is 1. The maximum Gasteiger partial charge on any atom is 0.305 e. The molecule has 20 heavy (non-hydrogen) atoms. The Balaban J connectivity index is 2.21. The highest BCUT2D eigenvalue weighted by Crippen LogP contribution is 2.20. The van der Waals surface area contributed by atoms with Gasteiger partial charge < -0.3 is 9.80 Å². The molecule has 1 unspecified atom stereocenters. The first-order chi connectivity index (χ1) is 9.40. The fourth-order valence-corrected chi connectivity index (χ4v) is 2.20. The van der Waals surface area contributed by atoms with Crippen LogP contribution in [0.1, 0.15) is 17.3 Å². The third kappa shape index (κ3) is 2.77. The Labute approximate surface area is 115 Å². The van der Waals surface area contributed by atoms with E-state index in [1.165, 1.54) is 6.07 Å². The Hall–Kier alpha value is -2.02. The summed E-state index contributed by atoms with van der Waals surface area (Å²) in [5.74, 6) is -1.23. The molecule has 108 valence electrons. The van der Waals surface area contributed by atoms with Gasteiger partial charge in [-0.25, -0.2) is 0 Å². The van der Waals surface area contributed by atoms with E-state index >= 15 is 0 Å². The van der Waals surface area contributed by atoms with Gasteiger partial charge in [-0.05, 0) is 26.1 Å². The van der Waals surface area contributed by atoms with Crippen LogP contribution in [0.5, 0.6) is 0 Å². The van der Waals surface area contributed by atoms with Crippen LogP contribution in [0.3, 0.4) is 0 Å². The van der Waals surface area contributed by atoms with E-state index in [1.54, 1.807) is 4.90 Å². The first kappa shape index (κ1) is 14.4. The predicted octanol–water partition coefficient (Wildman–Crippen LogP) is 1.51. The zero-order valence-corrected chi connectivity index (χ0v) is 11.4. The smallest absolute Gasteiger partial charge is 0.305 e. The summed E-state index contributed by atoms with van der Waals surface area (Å²) in [4.78, 5) is 26.0. The van der Waals surface area contributed by atoms with Gasteiger partial charge in [-0.2, -0.15) is 4.39 Å². The van der Waals surface area contributed by atoms with Crippen molar-refractivity contribution in [1.82, 2.24) is 9.80 Å². The van der Waals surface area contributed by atoms with Gasteiger partial charge in [-0.3, -0.25) is 14.9 Å². The second-order valence-corrected chi connectivity index (χ2v) is 5.00. The van der Waals surface area contributed by atoms with E-state index in [0.29, 0.717) is 13.1 Å². The highest BCUT2D eigenvalue weighted by atomic mass is 19.1. The van der Waals surface area contributed by atoms with Crippen molar-refractivity contribution in [2.45, 2.75) is 13.0 Å². The van der Waals surface area contributed by atoms with E-state index in [1.807, 2.05) is 14.0 Å². The highest BCUT2D eigenvalue weighted by Gasteiger charge is 2.26. The van der Waals surface area contributed by atoms with Crippen molar-refractivity contribution in [2.75, 3.05) is 26.7 Å². The number of carbonyl (C=O) groups is 1. The largest absolute Gasteiger partial charge is 0.336 e. The average Bonchev–Trinajstić information content (AvgIpc) is 2.41. The first-order valence-corrected chi connectivity index (χ1v) is 6.33. The number of likely N-dealkylation sites (N-methyl/N-ethyl adjacent to an activating group) is 1. The van der Waals surface area contributed by atoms with Gasteiger partial charge >= 0.3 is 5.69 Å². The van der Waals surface area contributed by atoms with Crippen molar-refractivity contribution in [3.8, 4) is 0 Å². The third-order valence-corrected chi connectivity index (χ3v) is 3.64. The summed E-state index contributed by atoms with van der Waals surface area (Å²) < 4.78 is 13.3. The molecule has 0 spiro atoms. The van der Waals surface area contributed by atoms with Crippen LogP contribution in [0, 0.1) is 15.9 Å². The van der Waals surface area contributed by atoms with Gasteiger partial charge in [0.15, 0.2) is 0 Å². The van der Waals surface area contributed by atoms with E-state index in [9.17, 15) is 19.3 Å². The second-order valence-electron chi connectivity index (χ2n) is 5.00. The minimum absolute atomic E-state index is 0.148. The monoisotopic (exact) mass is 281 g/mol. The van der Waals surface area contributed by atoms with Crippen molar-refractivity contribution in [1.29, 1.82) is 0 Å². The van der Waals surface area contributed by atoms with Gasteiger partial charge in [0, 0.05) is 37.3 Å². The molecule has 1 aromatic carbocycles. The quantitative estimate of drug-likeness (QED) is 0.609. The SMILES string of the molecule is CC1CN(C(=O)c2ccc(F)c([N+](=O)[O-])c2)CCN1C. The topological polar surface area (TPSA) is 66.7 Å². The fourth-order valence-electron chi connectivity index (χ4n) is 2.20. The summed E-state index contributed by atoms with van der Waals surface area (Å²) in [6.07, 6.45) is 0. The summed E-state index contributed by atoms with van der Waals surface area (Å²) in [7, 11) is 1.98. The minimum Gasteiger partial charge on any atom is -0.336 e. The maximum absolute atomic E-state index is 13.3. The van der Waals surface area contributed by atoms with Gasteiger partial charge in [0.1, 0.15) is 0 Å². The van der Waals surface area contributed by atoms with E-state index in [2.05, 4.69) is 4.90 Å². The lowest BCUT2D eigenvalue weighted by Gasteiger charge is -2.37. The number of amides is 1. The zero-order valence-electron chi connectivity index (χ0n) is 11.4. The minimum atomic E-state index is -0.932. The number of nitro groups is 1. The highest BCUT2D eigenvalue weighted by molar-refractivity contribution is 5.95. The molecule has 6 nitrogen and oxygen atoms in total. The Morgan fingerprint density at radius 3 is 2.75 bits per heavy atom. The van der Waals surface area contributed by atoms with Crippen molar-refractivity contribution in [3.05, 3.63) is 39.7 Å². The molecule has 1 fully saturated rings. The van der Waals surface area contributed by atoms with Crippen molar-refractivity contribution in [3.63, 3.8) is 0 Å². The number of hydrogen-bond donors (Lipinski definition) is 0. The molecule has 1 heterocycles. The molecule has 1 saturated heterocycles. The van der Waals surface area contributed by atoms with Crippen LogP contribution in [0.2, 0.25) is 0 Å². The summed E-state index contributed by atoms with van der Waals surface area (Å²) in [5, 5.41) is 10.7. The van der Waals surface area contributed by atoms with Crippen LogP contribution in [-0.4, -0.2) is 53.4 Å².